The van der Waals surface area contributed by atoms with Gasteiger partial charge in [-0.2, -0.15) is 4.31 Å². The van der Waals surface area contributed by atoms with Crippen molar-refractivity contribution in [2.75, 3.05) is 6.54 Å². The number of benzene rings is 1. The van der Waals surface area contributed by atoms with E-state index in [2.05, 4.69) is 0 Å². The molecular weight excluding hydrogens is 305 g/mol. The highest BCUT2D eigenvalue weighted by atomic mass is 35.5. The summed E-state index contributed by atoms with van der Waals surface area (Å²) in [6.45, 7) is 2.61. The minimum Gasteiger partial charge on any atom is -0.207 e. The largest absolute Gasteiger partial charge is 0.243 e. The third kappa shape index (κ3) is 3.07. The summed E-state index contributed by atoms with van der Waals surface area (Å²) in [6, 6.07) is 4.57. The van der Waals surface area contributed by atoms with Crippen molar-refractivity contribution in [3.8, 4) is 0 Å². The van der Waals surface area contributed by atoms with Crippen LogP contribution in [0.25, 0.3) is 0 Å². The Balaban J connectivity index is 2.37. The summed E-state index contributed by atoms with van der Waals surface area (Å²) < 4.78 is 26.9. The average molecular weight is 322 g/mol. The maximum Gasteiger partial charge on any atom is 0.243 e. The zero-order chi connectivity index (χ0) is 14.0. The zero-order valence-corrected chi connectivity index (χ0v) is 13.1. The second kappa shape index (κ2) is 6.00. The molecule has 1 heterocycles. The van der Waals surface area contributed by atoms with Gasteiger partial charge in [-0.25, -0.2) is 8.42 Å². The predicted octanol–water partition coefficient (Wildman–Crippen LogP) is 3.95. The second-order valence-corrected chi connectivity index (χ2v) is 7.45. The van der Waals surface area contributed by atoms with E-state index in [9.17, 15) is 8.42 Å². The van der Waals surface area contributed by atoms with E-state index < -0.39 is 10.0 Å². The third-order valence-corrected chi connectivity index (χ3v) is 6.23. The topological polar surface area (TPSA) is 37.4 Å². The van der Waals surface area contributed by atoms with Gasteiger partial charge >= 0.3 is 0 Å². The molecule has 1 unspecified atom stereocenters. The molecule has 1 aliphatic heterocycles. The highest BCUT2D eigenvalue weighted by Gasteiger charge is 2.32. The lowest BCUT2D eigenvalue weighted by Gasteiger charge is -2.34. The summed E-state index contributed by atoms with van der Waals surface area (Å²) in [4.78, 5) is 0.224. The molecule has 1 aromatic carbocycles. The van der Waals surface area contributed by atoms with E-state index in [-0.39, 0.29) is 16.0 Å². The molecule has 1 atom stereocenters. The van der Waals surface area contributed by atoms with Crippen LogP contribution in [0, 0.1) is 0 Å². The van der Waals surface area contributed by atoms with Gasteiger partial charge in [0.25, 0.3) is 0 Å². The minimum atomic E-state index is -3.47. The Hall–Kier alpha value is -0.290. The lowest BCUT2D eigenvalue weighted by atomic mass is 10.0. The van der Waals surface area contributed by atoms with Gasteiger partial charge in [0.15, 0.2) is 0 Å². The zero-order valence-electron chi connectivity index (χ0n) is 10.8. The molecule has 0 bridgehead atoms. The van der Waals surface area contributed by atoms with Crippen LogP contribution in [0.15, 0.2) is 23.1 Å². The number of halogens is 2. The summed E-state index contributed by atoms with van der Waals surface area (Å²) in [5, 5.41) is 0.638. The first-order valence-electron chi connectivity index (χ1n) is 6.43. The van der Waals surface area contributed by atoms with Gasteiger partial charge in [0.2, 0.25) is 10.0 Å². The summed E-state index contributed by atoms with van der Waals surface area (Å²) >= 11 is 11.7. The van der Waals surface area contributed by atoms with Crippen LogP contribution in [0.2, 0.25) is 10.0 Å². The monoisotopic (exact) mass is 321 g/mol. The molecule has 0 aromatic heterocycles. The second-order valence-electron chi connectivity index (χ2n) is 4.75. The highest BCUT2D eigenvalue weighted by molar-refractivity contribution is 7.89. The van der Waals surface area contributed by atoms with Crippen LogP contribution in [-0.2, 0) is 10.0 Å². The molecule has 6 heteroatoms. The van der Waals surface area contributed by atoms with Crippen molar-refractivity contribution >= 4 is 33.2 Å². The molecule has 19 heavy (non-hydrogen) atoms. The molecule has 0 radical (unpaired) electrons. The Kier molecular flexibility index (Phi) is 4.77. The van der Waals surface area contributed by atoms with Gasteiger partial charge in [0, 0.05) is 12.6 Å². The van der Waals surface area contributed by atoms with Crippen LogP contribution in [0.4, 0.5) is 0 Å². The molecule has 0 amide bonds. The number of sulfonamides is 1. The maximum atomic E-state index is 12.6. The Morgan fingerprint density at radius 2 is 2.00 bits per heavy atom. The van der Waals surface area contributed by atoms with E-state index in [4.69, 9.17) is 23.2 Å². The smallest absolute Gasteiger partial charge is 0.207 e. The number of hydrogen-bond acceptors (Lipinski definition) is 2. The van der Waals surface area contributed by atoms with Gasteiger partial charge in [0.1, 0.15) is 0 Å². The molecule has 0 saturated carbocycles. The van der Waals surface area contributed by atoms with Crippen molar-refractivity contribution in [2.45, 2.75) is 43.5 Å². The van der Waals surface area contributed by atoms with Crippen LogP contribution >= 0.6 is 23.2 Å². The van der Waals surface area contributed by atoms with Gasteiger partial charge in [-0.05, 0) is 37.5 Å². The maximum absolute atomic E-state index is 12.6. The lowest BCUT2D eigenvalue weighted by Crippen LogP contribution is -2.43. The van der Waals surface area contributed by atoms with Crippen molar-refractivity contribution < 1.29 is 8.42 Å². The number of hydrogen-bond donors (Lipinski definition) is 0. The fourth-order valence-corrected chi connectivity index (χ4v) is 4.63. The number of rotatable bonds is 3. The Morgan fingerprint density at radius 3 is 2.63 bits per heavy atom. The van der Waals surface area contributed by atoms with Crippen LogP contribution in [-0.4, -0.2) is 25.3 Å². The quantitative estimate of drug-likeness (QED) is 0.845. The van der Waals surface area contributed by atoms with Gasteiger partial charge in [0.05, 0.1) is 14.9 Å². The molecule has 0 N–H and O–H groups in total. The van der Waals surface area contributed by atoms with Crippen LogP contribution in [0.5, 0.6) is 0 Å². The molecule has 1 saturated heterocycles. The Labute approximate surface area is 124 Å². The Morgan fingerprint density at radius 1 is 1.26 bits per heavy atom. The summed E-state index contributed by atoms with van der Waals surface area (Å²) in [5.74, 6) is 0. The Bertz CT molecular complexity index is 560. The van der Waals surface area contributed by atoms with E-state index in [0.717, 1.165) is 25.7 Å². The molecule has 0 spiro atoms. The van der Waals surface area contributed by atoms with E-state index in [1.54, 1.807) is 4.31 Å². The van der Waals surface area contributed by atoms with Gasteiger partial charge < -0.3 is 0 Å². The molecule has 1 aromatic rings. The molecule has 2 rings (SSSR count). The third-order valence-electron chi connectivity index (χ3n) is 3.54. The van der Waals surface area contributed by atoms with E-state index in [0.29, 0.717) is 11.6 Å². The standard InChI is InChI=1S/C13H17Cl2NO2S/c1-2-10-5-3-4-8-16(10)19(17,18)11-6-7-12(14)13(15)9-11/h6-7,9-10H,2-5,8H2,1H3. The van der Waals surface area contributed by atoms with Gasteiger partial charge in [-0.3, -0.25) is 0 Å². The fraction of sp³-hybridized carbons (Fsp3) is 0.538. The van der Waals surface area contributed by atoms with Crippen molar-refractivity contribution in [3.63, 3.8) is 0 Å². The average Bonchev–Trinajstić information content (AvgIpc) is 2.41. The fourth-order valence-electron chi connectivity index (χ4n) is 2.47. The van der Waals surface area contributed by atoms with Crippen molar-refractivity contribution in [1.82, 2.24) is 4.31 Å². The first-order valence-corrected chi connectivity index (χ1v) is 8.63. The van der Waals surface area contributed by atoms with Crippen LogP contribution in [0.3, 0.4) is 0 Å². The summed E-state index contributed by atoms with van der Waals surface area (Å²) in [5.41, 5.74) is 0. The van der Waals surface area contributed by atoms with E-state index in [1.807, 2.05) is 6.92 Å². The molecular formula is C13H17Cl2NO2S. The molecule has 1 aliphatic rings. The van der Waals surface area contributed by atoms with Crippen LogP contribution < -0.4 is 0 Å². The number of nitrogens with zero attached hydrogens (tertiary/aromatic N) is 1. The predicted molar refractivity (Wildman–Crippen MR) is 78.3 cm³/mol. The summed E-state index contributed by atoms with van der Waals surface area (Å²) in [6.07, 6.45) is 3.76. The first-order chi connectivity index (χ1) is 8.96. The van der Waals surface area contributed by atoms with Crippen molar-refractivity contribution in [3.05, 3.63) is 28.2 Å². The van der Waals surface area contributed by atoms with Crippen molar-refractivity contribution in [2.24, 2.45) is 0 Å². The van der Waals surface area contributed by atoms with Gasteiger partial charge in [-0.1, -0.05) is 36.5 Å². The molecule has 106 valence electrons. The molecule has 1 fully saturated rings. The SMILES string of the molecule is CCC1CCCCN1S(=O)(=O)c1ccc(Cl)c(Cl)c1. The van der Waals surface area contributed by atoms with E-state index >= 15 is 0 Å². The summed E-state index contributed by atoms with van der Waals surface area (Å²) in [7, 11) is -3.47. The van der Waals surface area contributed by atoms with Crippen LogP contribution in [0.1, 0.15) is 32.6 Å². The van der Waals surface area contributed by atoms with E-state index in [1.165, 1.54) is 18.2 Å². The first kappa shape index (κ1) is 15.1. The van der Waals surface area contributed by atoms with Crippen molar-refractivity contribution in [1.29, 1.82) is 0 Å². The highest BCUT2D eigenvalue weighted by Crippen LogP contribution is 2.30. The van der Waals surface area contributed by atoms with Gasteiger partial charge in [-0.15, -0.1) is 0 Å². The number of piperidine rings is 1. The molecule has 0 aliphatic carbocycles. The minimum absolute atomic E-state index is 0.0909. The lowest BCUT2D eigenvalue weighted by molar-refractivity contribution is 0.246. The normalized spacial score (nSPS) is 21.5. The molecule has 3 nitrogen and oxygen atoms in total.